The Morgan fingerprint density at radius 3 is 2.28 bits per heavy atom. The zero-order chi connectivity index (χ0) is 17.0. The Kier molecular flexibility index (Phi) is 6.83. The molecule has 140 valence electrons. The second-order valence-electron chi connectivity index (χ2n) is 7.30. The third-order valence-electron chi connectivity index (χ3n) is 5.69. The van der Waals surface area contributed by atoms with Crippen LogP contribution in [0.2, 0.25) is 0 Å². The SMILES string of the molecule is Cl.NC1(C(=O)NCC2(c3ccc(F)cc3)CCOCC2)CCCCC1. The maximum absolute atomic E-state index is 13.3. The van der Waals surface area contributed by atoms with E-state index in [4.69, 9.17) is 10.5 Å². The Hall–Kier alpha value is -1.17. The number of nitrogens with two attached hydrogens (primary N) is 1. The van der Waals surface area contributed by atoms with Gasteiger partial charge in [0.1, 0.15) is 5.82 Å². The molecule has 0 aromatic heterocycles. The van der Waals surface area contributed by atoms with E-state index in [-0.39, 0.29) is 29.5 Å². The molecule has 1 aliphatic carbocycles. The van der Waals surface area contributed by atoms with Crippen molar-refractivity contribution in [2.24, 2.45) is 5.73 Å². The van der Waals surface area contributed by atoms with Gasteiger partial charge in [0.05, 0.1) is 5.54 Å². The highest BCUT2D eigenvalue weighted by molar-refractivity contribution is 5.86. The minimum Gasteiger partial charge on any atom is -0.381 e. The first kappa shape index (κ1) is 20.1. The van der Waals surface area contributed by atoms with Crippen LogP contribution in [-0.2, 0) is 14.9 Å². The Morgan fingerprint density at radius 1 is 1.08 bits per heavy atom. The molecule has 0 radical (unpaired) electrons. The van der Waals surface area contributed by atoms with Gasteiger partial charge in [-0.15, -0.1) is 12.4 Å². The molecule has 1 aromatic carbocycles. The fourth-order valence-electron chi connectivity index (χ4n) is 3.97. The van der Waals surface area contributed by atoms with Crippen LogP contribution >= 0.6 is 12.4 Å². The van der Waals surface area contributed by atoms with E-state index in [1.165, 1.54) is 12.1 Å². The molecule has 1 aliphatic heterocycles. The summed E-state index contributed by atoms with van der Waals surface area (Å²) < 4.78 is 18.8. The number of hydrogen-bond acceptors (Lipinski definition) is 3. The second-order valence-corrected chi connectivity index (χ2v) is 7.30. The summed E-state index contributed by atoms with van der Waals surface area (Å²) in [5.74, 6) is -0.289. The molecule has 3 rings (SSSR count). The molecule has 2 aliphatic rings. The van der Waals surface area contributed by atoms with E-state index in [9.17, 15) is 9.18 Å². The van der Waals surface area contributed by atoms with E-state index in [1.807, 2.05) is 12.1 Å². The second kappa shape index (κ2) is 8.47. The summed E-state index contributed by atoms with van der Waals surface area (Å²) in [4.78, 5) is 12.7. The van der Waals surface area contributed by atoms with Crippen molar-refractivity contribution >= 4 is 18.3 Å². The van der Waals surface area contributed by atoms with Crippen molar-refractivity contribution in [3.05, 3.63) is 35.6 Å². The van der Waals surface area contributed by atoms with Gasteiger partial charge in [-0.3, -0.25) is 4.79 Å². The van der Waals surface area contributed by atoms with Crippen molar-refractivity contribution in [3.8, 4) is 0 Å². The van der Waals surface area contributed by atoms with E-state index < -0.39 is 5.54 Å². The molecule has 6 heteroatoms. The molecular formula is C19H28ClFN2O2. The van der Waals surface area contributed by atoms with E-state index in [0.29, 0.717) is 19.8 Å². The number of nitrogens with one attached hydrogen (secondary N) is 1. The maximum Gasteiger partial charge on any atom is 0.240 e. The molecule has 0 atom stereocenters. The first-order valence-corrected chi connectivity index (χ1v) is 8.95. The van der Waals surface area contributed by atoms with E-state index in [0.717, 1.165) is 50.5 Å². The third-order valence-corrected chi connectivity index (χ3v) is 5.69. The van der Waals surface area contributed by atoms with Gasteiger partial charge in [-0.25, -0.2) is 4.39 Å². The molecule has 1 amide bonds. The number of carbonyl (C=O) groups excluding carboxylic acids is 1. The smallest absolute Gasteiger partial charge is 0.240 e. The first-order chi connectivity index (χ1) is 11.5. The fourth-order valence-corrected chi connectivity index (χ4v) is 3.97. The van der Waals surface area contributed by atoms with Crippen molar-refractivity contribution in [1.29, 1.82) is 0 Å². The van der Waals surface area contributed by atoms with Crippen LogP contribution in [0.5, 0.6) is 0 Å². The normalized spacial score (nSPS) is 21.8. The van der Waals surface area contributed by atoms with Crippen molar-refractivity contribution in [2.75, 3.05) is 19.8 Å². The quantitative estimate of drug-likeness (QED) is 0.856. The molecule has 25 heavy (non-hydrogen) atoms. The highest BCUT2D eigenvalue weighted by atomic mass is 35.5. The predicted octanol–water partition coefficient (Wildman–Crippen LogP) is 3.07. The van der Waals surface area contributed by atoms with Crippen molar-refractivity contribution < 1.29 is 13.9 Å². The molecule has 1 aromatic rings. The van der Waals surface area contributed by atoms with Crippen LogP contribution in [0.3, 0.4) is 0 Å². The Balaban J connectivity index is 0.00000225. The number of rotatable bonds is 4. The molecule has 1 saturated heterocycles. The zero-order valence-electron chi connectivity index (χ0n) is 14.6. The molecule has 0 bridgehead atoms. The topological polar surface area (TPSA) is 64.4 Å². The monoisotopic (exact) mass is 370 g/mol. The van der Waals surface area contributed by atoms with Gasteiger partial charge >= 0.3 is 0 Å². The molecule has 0 spiro atoms. The summed E-state index contributed by atoms with van der Waals surface area (Å²) in [6.45, 7) is 1.84. The molecule has 1 heterocycles. The average molecular weight is 371 g/mol. The van der Waals surface area contributed by atoms with Gasteiger partial charge in [-0.05, 0) is 43.4 Å². The van der Waals surface area contributed by atoms with E-state index in [2.05, 4.69) is 5.32 Å². The Bertz CT molecular complexity index is 567. The van der Waals surface area contributed by atoms with Crippen LogP contribution in [0.15, 0.2) is 24.3 Å². The van der Waals surface area contributed by atoms with E-state index in [1.54, 1.807) is 0 Å². The molecule has 2 fully saturated rings. The Morgan fingerprint density at radius 2 is 1.68 bits per heavy atom. The van der Waals surface area contributed by atoms with Crippen LogP contribution in [-0.4, -0.2) is 31.2 Å². The van der Waals surface area contributed by atoms with E-state index >= 15 is 0 Å². The van der Waals surface area contributed by atoms with Crippen LogP contribution in [0, 0.1) is 5.82 Å². The summed E-state index contributed by atoms with van der Waals surface area (Å²) in [6.07, 6.45) is 6.33. The van der Waals surface area contributed by atoms with Gasteiger partial charge in [0.25, 0.3) is 0 Å². The van der Waals surface area contributed by atoms with Crippen molar-refractivity contribution in [1.82, 2.24) is 5.32 Å². The van der Waals surface area contributed by atoms with Gasteiger partial charge in [-0.1, -0.05) is 31.4 Å². The predicted molar refractivity (Wildman–Crippen MR) is 98.4 cm³/mol. The summed E-state index contributed by atoms with van der Waals surface area (Å²) in [5.41, 5.74) is 6.46. The molecule has 1 saturated carbocycles. The van der Waals surface area contributed by atoms with Crippen LogP contribution in [0.1, 0.15) is 50.5 Å². The number of carbonyl (C=O) groups is 1. The fraction of sp³-hybridized carbons (Fsp3) is 0.632. The van der Waals surface area contributed by atoms with Gasteiger partial charge in [0.15, 0.2) is 0 Å². The minimum absolute atomic E-state index is 0. The lowest BCUT2D eigenvalue weighted by Gasteiger charge is -2.39. The number of halogens is 2. The van der Waals surface area contributed by atoms with Gasteiger partial charge in [-0.2, -0.15) is 0 Å². The van der Waals surface area contributed by atoms with Crippen molar-refractivity contribution in [3.63, 3.8) is 0 Å². The largest absolute Gasteiger partial charge is 0.381 e. The lowest BCUT2D eigenvalue weighted by atomic mass is 9.73. The molecule has 0 unspecified atom stereocenters. The summed E-state index contributed by atoms with van der Waals surface area (Å²) in [5, 5.41) is 3.10. The van der Waals surface area contributed by atoms with Crippen molar-refractivity contribution in [2.45, 2.75) is 55.9 Å². The first-order valence-electron chi connectivity index (χ1n) is 8.95. The number of hydrogen-bond donors (Lipinski definition) is 2. The maximum atomic E-state index is 13.3. The van der Waals surface area contributed by atoms with Gasteiger partial charge < -0.3 is 15.8 Å². The van der Waals surface area contributed by atoms with Gasteiger partial charge in [0, 0.05) is 25.2 Å². The number of benzene rings is 1. The highest BCUT2D eigenvalue weighted by Gasteiger charge is 2.39. The summed E-state index contributed by atoms with van der Waals surface area (Å²) in [7, 11) is 0. The van der Waals surface area contributed by atoms with Crippen LogP contribution < -0.4 is 11.1 Å². The third kappa shape index (κ3) is 4.52. The summed E-state index contributed by atoms with van der Waals surface area (Å²) in [6, 6.07) is 6.62. The Labute approximate surface area is 155 Å². The minimum atomic E-state index is -0.729. The summed E-state index contributed by atoms with van der Waals surface area (Å²) >= 11 is 0. The zero-order valence-corrected chi connectivity index (χ0v) is 15.4. The van der Waals surface area contributed by atoms with Crippen LogP contribution in [0.4, 0.5) is 4.39 Å². The lowest BCUT2D eigenvalue weighted by Crippen LogP contribution is -2.57. The average Bonchev–Trinajstić information content (AvgIpc) is 2.61. The number of amides is 1. The van der Waals surface area contributed by atoms with Gasteiger partial charge in [0.2, 0.25) is 5.91 Å². The highest BCUT2D eigenvalue weighted by Crippen LogP contribution is 2.35. The standard InChI is InChI=1S/C19H27FN2O2.ClH/c20-16-6-4-15(5-7-16)18(10-12-24-13-11-18)14-22-17(23)19(21)8-2-1-3-9-19;/h4-7H,1-3,8-14,21H2,(H,22,23);1H. The molecule has 4 nitrogen and oxygen atoms in total. The molecular weight excluding hydrogens is 343 g/mol. The van der Waals surface area contributed by atoms with Crippen LogP contribution in [0.25, 0.3) is 0 Å². The number of ether oxygens (including phenoxy) is 1. The molecule has 3 N–H and O–H groups in total. The lowest BCUT2D eigenvalue weighted by molar-refractivity contribution is -0.128.